The molecule has 3 aromatic carbocycles. The maximum Gasteiger partial charge on any atom is 0.258 e. The van der Waals surface area contributed by atoms with Crippen LogP contribution in [-0.2, 0) is 16.6 Å². The Hall–Kier alpha value is -3.03. The molecule has 2 N–H and O–H groups in total. The number of halogens is 1. The third-order valence-electron chi connectivity index (χ3n) is 4.36. The summed E-state index contributed by atoms with van der Waals surface area (Å²) in [5.74, 6) is -1.52. The van der Waals surface area contributed by atoms with Crippen LogP contribution in [0.2, 0.25) is 0 Å². The molecule has 0 saturated heterocycles. The molecule has 0 spiro atoms. The summed E-state index contributed by atoms with van der Waals surface area (Å²) >= 11 is 0. The summed E-state index contributed by atoms with van der Waals surface area (Å²) in [6.07, 6.45) is 0. The van der Waals surface area contributed by atoms with Gasteiger partial charge in [0.15, 0.2) is 0 Å². The Morgan fingerprint density at radius 2 is 1.66 bits per heavy atom. The maximum atomic E-state index is 14.2. The third-order valence-corrected chi connectivity index (χ3v) is 5.75. The van der Waals surface area contributed by atoms with Crippen molar-refractivity contribution in [2.24, 2.45) is 0 Å². The van der Waals surface area contributed by atoms with Crippen LogP contribution in [0.4, 0.5) is 10.1 Å². The first-order valence-electron chi connectivity index (χ1n) is 8.97. The molecule has 0 fully saturated rings. The lowest BCUT2D eigenvalue weighted by Crippen LogP contribution is -2.24. The summed E-state index contributed by atoms with van der Waals surface area (Å²) in [6.45, 7) is 3.89. The van der Waals surface area contributed by atoms with Gasteiger partial charge >= 0.3 is 0 Å². The molecule has 0 aromatic heterocycles. The van der Waals surface area contributed by atoms with E-state index in [2.05, 4.69) is 10.0 Å². The van der Waals surface area contributed by atoms with E-state index in [1.807, 2.05) is 44.2 Å². The standard InChI is InChI=1S/C22H21FN2O3S/c1-15-6-8-17(9-7-15)14-24-29(27,28)19-10-11-21(23)20(13-19)22(26)25-18-5-3-4-16(2)12-18/h3-13,24H,14H2,1-2H3,(H,25,26). The van der Waals surface area contributed by atoms with Gasteiger partial charge in [-0.15, -0.1) is 0 Å². The van der Waals surface area contributed by atoms with Gasteiger partial charge in [0.05, 0.1) is 10.5 Å². The number of rotatable bonds is 6. The second-order valence-electron chi connectivity index (χ2n) is 6.78. The molecule has 0 bridgehead atoms. The first-order chi connectivity index (χ1) is 13.7. The van der Waals surface area contributed by atoms with E-state index in [9.17, 15) is 17.6 Å². The molecule has 0 unspecified atom stereocenters. The molecule has 0 heterocycles. The Bertz CT molecular complexity index is 1140. The lowest BCUT2D eigenvalue weighted by Gasteiger charge is -2.10. The molecular formula is C22H21FN2O3S. The molecule has 7 heteroatoms. The largest absolute Gasteiger partial charge is 0.322 e. The molecule has 0 radical (unpaired) electrons. The van der Waals surface area contributed by atoms with Crippen LogP contribution < -0.4 is 10.0 Å². The van der Waals surface area contributed by atoms with Gasteiger partial charge in [0.25, 0.3) is 5.91 Å². The zero-order valence-electron chi connectivity index (χ0n) is 16.1. The van der Waals surface area contributed by atoms with Crippen LogP contribution in [0.15, 0.2) is 71.6 Å². The van der Waals surface area contributed by atoms with Gasteiger partial charge in [-0.05, 0) is 55.3 Å². The normalized spacial score (nSPS) is 11.3. The molecule has 3 aromatic rings. The van der Waals surface area contributed by atoms with E-state index in [0.717, 1.165) is 34.9 Å². The van der Waals surface area contributed by atoms with Crippen LogP contribution in [-0.4, -0.2) is 14.3 Å². The molecular weight excluding hydrogens is 391 g/mol. The lowest BCUT2D eigenvalue weighted by atomic mass is 10.1. The van der Waals surface area contributed by atoms with Gasteiger partial charge in [0.2, 0.25) is 10.0 Å². The second-order valence-corrected chi connectivity index (χ2v) is 8.54. The van der Waals surface area contributed by atoms with E-state index in [-0.39, 0.29) is 17.0 Å². The van der Waals surface area contributed by atoms with E-state index in [4.69, 9.17) is 0 Å². The van der Waals surface area contributed by atoms with Gasteiger partial charge in [-0.3, -0.25) is 4.79 Å². The summed E-state index contributed by atoms with van der Waals surface area (Å²) in [4.78, 5) is 12.3. The Kier molecular flexibility index (Phi) is 6.10. The second kappa shape index (κ2) is 8.55. The van der Waals surface area contributed by atoms with E-state index < -0.39 is 21.7 Å². The fourth-order valence-corrected chi connectivity index (χ4v) is 3.78. The minimum Gasteiger partial charge on any atom is -0.322 e. The van der Waals surface area contributed by atoms with Gasteiger partial charge in [0.1, 0.15) is 5.82 Å². The zero-order chi connectivity index (χ0) is 21.0. The number of nitrogens with one attached hydrogen (secondary N) is 2. The topological polar surface area (TPSA) is 75.3 Å². The quantitative estimate of drug-likeness (QED) is 0.638. The van der Waals surface area contributed by atoms with Gasteiger partial charge < -0.3 is 5.32 Å². The Labute approximate surface area is 169 Å². The van der Waals surface area contributed by atoms with Crippen molar-refractivity contribution < 1.29 is 17.6 Å². The summed E-state index contributed by atoms with van der Waals surface area (Å²) in [5.41, 5.74) is 2.95. The highest BCUT2D eigenvalue weighted by molar-refractivity contribution is 7.89. The van der Waals surface area contributed by atoms with Gasteiger partial charge in [-0.1, -0.05) is 42.0 Å². The average molecular weight is 412 g/mol. The van der Waals surface area contributed by atoms with Crippen LogP contribution in [0.5, 0.6) is 0 Å². The number of anilines is 1. The molecule has 0 saturated carbocycles. The highest BCUT2D eigenvalue weighted by Gasteiger charge is 2.19. The summed E-state index contributed by atoms with van der Waals surface area (Å²) < 4.78 is 41.9. The fraction of sp³-hybridized carbons (Fsp3) is 0.136. The molecule has 0 aliphatic heterocycles. The average Bonchev–Trinajstić information content (AvgIpc) is 2.67. The lowest BCUT2D eigenvalue weighted by molar-refractivity contribution is 0.102. The third kappa shape index (κ3) is 5.28. The summed E-state index contributed by atoms with van der Waals surface area (Å²) in [5, 5.41) is 2.59. The van der Waals surface area contributed by atoms with Crippen molar-refractivity contribution in [1.82, 2.24) is 4.72 Å². The molecule has 29 heavy (non-hydrogen) atoms. The highest BCUT2D eigenvalue weighted by atomic mass is 32.2. The van der Waals surface area contributed by atoms with Crippen molar-refractivity contribution in [3.63, 3.8) is 0 Å². The number of aryl methyl sites for hydroxylation is 2. The van der Waals surface area contributed by atoms with E-state index in [1.165, 1.54) is 0 Å². The molecule has 5 nitrogen and oxygen atoms in total. The minimum atomic E-state index is -3.92. The van der Waals surface area contributed by atoms with Crippen molar-refractivity contribution in [3.05, 3.63) is 94.8 Å². The predicted molar refractivity (Wildman–Crippen MR) is 111 cm³/mol. The zero-order valence-corrected chi connectivity index (χ0v) is 16.9. The van der Waals surface area contributed by atoms with Crippen molar-refractivity contribution in [2.45, 2.75) is 25.3 Å². The molecule has 1 amide bonds. The monoisotopic (exact) mass is 412 g/mol. The molecule has 0 atom stereocenters. The van der Waals surface area contributed by atoms with E-state index >= 15 is 0 Å². The van der Waals surface area contributed by atoms with Crippen LogP contribution in [0.1, 0.15) is 27.0 Å². The SMILES string of the molecule is Cc1ccc(CNS(=O)(=O)c2ccc(F)c(C(=O)Nc3cccc(C)c3)c2)cc1. The van der Waals surface area contributed by atoms with Crippen molar-refractivity contribution in [1.29, 1.82) is 0 Å². The fourth-order valence-electron chi connectivity index (χ4n) is 2.73. The molecule has 0 aliphatic rings. The van der Waals surface area contributed by atoms with Crippen LogP contribution in [0.25, 0.3) is 0 Å². The number of benzene rings is 3. The molecule has 0 aliphatic carbocycles. The van der Waals surface area contributed by atoms with Crippen LogP contribution in [0.3, 0.4) is 0 Å². The smallest absolute Gasteiger partial charge is 0.258 e. The number of hydrogen-bond acceptors (Lipinski definition) is 3. The Balaban J connectivity index is 1.79. The summed E-state index contributed by atoms with van der Waals surface area (Å²) in [6, 6.07) is 17.6. The van der Waals surface area contributed by atoms with Crippen molar-refractivity contribution >= 4 is 21.6 Å². The van der Waals surface area contributed by atoms with Crippen LogP contribution in [0, 0.1) is 19.7 Å². The molecule has 3 rings (SSSR count). The van der Waals surface area contributed by atoms with Gasteiger partial charge in [-0.2, -0.15) is 0 Å². The van der Waals surface area contributed by atoms with Crippen molar-refractivity contribution in [2.75, 3.05) is 5.32 Å². The van der Waals surface area contributed by atoms with E-state index in [0.29, 0.717) is 5.69 Å². The number of sulfonamides is 1. The number of amides is 1. The number of carbonyl (C=O) groups excluding carboxylic acids is 1. The Morgan fingerprint density at radius 1 is 0.931 bits per heavy atom. The van der Waals surface area contributed by atoms with Crippen molar-refractivity contribution in [3.8, 4) is 0 Å². The Morgan fingerprint density at radius 3 is 2.34 bits per heavy atom. The maximum absolute atomic E-state index is 14.2. The highest BCUT2D eigenvalue weighted by Crippen LogP contribution is 2.18. The number of carbonyl (C=O) groups is 1. The van der Waals surface area contributed by atoms with Crippen LogP contribution >= 0.6 is 0 Å². The minimum absolute atomic E-state index is 0.0881. The first kappa shape index (κ1) is 20.7. The first-order valence-corrected chi connectivity index (χ1v) is 10.5. The predicted octanol–water partition coefficient (Wildman–Crippen LogP) is 4.17. The summed E-state index contributed by atoms with van der Waals surface area (Å²) in [7, 11) is -3.92. The van der Waals surface area contributed by atoms with Gasteiger partial charge in [-0.25, -0.2) is 17.5 Å². The number of hydrogen-bond donors (Lipinski definition) is 2. The van der Waals surface area contributed by atoms with Gasteiger partial charge in [0, 0.05) is 12.2 Å². The molecule has 150 valence electrons. The van der Waals surface area contributed by atoms with E-state index in [1.54, 1.807) is 18.2 Å².